The molecule has 0 aliphatic carbocycles. The third-order valence-electron chi connectivity index (χ3n) is 3.97. The van der Waals surface area contributed by atoms with E-state index in [-0.39, 0.29) is 5.78 Å². The predicted octanol–water partition coefficient (Wildman–Crippen LogP) is 4.19. The molecule has 26 heavy (non-hydrogen) atoms. The molecule has 0 atom stereocenters. The zero-order valence-corrected chi connectivity index (χ0v) is 14.5. The number of allylic oxidation sites excluding steroid dienone is 1. The smallest absolute Gasteiger partial charge is 0.188 e. The molecule has 5 nitrogen and oxygen atoms in total. The second-order valence-corrected chi connectivity index (χ2v) is 6.10. The summed E-state index contributed by atoms with van der Waals surface area (Å²) in [6.45, 7) is 0.956. The number of para-hydroxylation sites is 1. The van der Waals surface area contributed by atoms with Gasteiger partial charge < -0.3 is 9.47 Å². The van der Waals surface area contributed by atoms with Gasteiger partial charge in [-0.05, 0) is 42.0 Å². The molecule has 0 spiro atoms. The number of hydrogen-bond acceptors (Lipinski definition) is 4. The fraction of sp³-hybridized carbons (Fsp3) is 0.100. The van der Waals surface area contributed by atoms with Gasteiger partial charge in [0.15, 0.2) is 17.3 Å². The van der Waals surface area contributed by atoms with Gasteiger partial charge in [0.25, 0.3) is 0 Å². The lowest BCUT2D eigenvalue weighted by atomic mass is 10.1. The van der Waals surface area contributed by atoms with E-state index in [0.717, 1.165) is 11.3 Å². The standard InChI is InChI=1S/C20H15ClN2O3/c21-16-12-14(13-19-20(16)26-11-10-25-19)6-7-18(24)15-4-1-2-5-17(15)23-9-3-8-22-23/h1-9,12-13H,10-11H2/b7-6+. The highest BCUT2D eigenvalue weighted by Gasteiger charge is 2.16. The fourth-order valence-corrected chi connectivity index (χ4v) is 3.06. The van der Waals surface area contributed by atoms with Crippen molar-refractivity contribution in [1.82, 2.24) is 9.78 Å². The van der Waals surface area contributed by atoms with Crippen LogP contribution < -0.4 is 9.47 Å². The van der Waals surface area contributed by atoms with Crippen LogP contribution >= 0.6 is 11.6 Å². The summed E-state index contributed by atoms with van der Waals surface area (Å²) in [5, 5.41) is 4.66. The first-order valence-corrected chi connectivity index (χ1v) is 8.51. The molecule has 1 aliphatic rings. The zero-order chi connectivity index (χ0) is 17.9. The minimum atomic E-state index is -0.123. The second kappa shape index (κ2) is 7.06. The van der Waals surface area contributed by atoms with E-state index in [1.54, 1.807) is 35.3 Å². The van der Waals surface area contributed by atoms with Gasteiger partial charge in [-0.1, -0.05) is 29.8 Å². The highest BCUT2D eigenvalue weighted by atomic mass is 35.5. The van der Waals surface area contributed by atoms with Gasteiger partial charge >= 0.3 is 0 Å². The van der Waals surface area contributed by atoms with Gasteiger partial charge in [-0.15, -0.1) is 0 Å². The molecule has 4 rings (SSSR count). The average Bonchev–Trinajstić information content (AvgIpc) is 3.21. The Kier molecular flexibility index (Phi) is 4.46. The van der Waals surface area contributed by atoms with Crippen LogP contribution in [-0.2, 0) is 0 Å². The van der Waals surface area contributed by atoms with E-state index in [4.69, 9.17) is 21.1 Å². The van der Waals surface area contributed by atoms with Gasteiger partial charge in [0.1, 0.15) is 13.2 Å². The molecule has 2 heterocycles. The number of carbonyl (C=O) groups excluding carboxylic acids is 1. The summed E-state index contributed by atoms with van der Waals surface area (Å²) in [7, 11) is 0. The Morgan fingerprint density at radius 1 is 1.15 bits per heavy atom. The lowest BCUT2D eigenvalue weighted by molar-refractivity contribution is 0.104. The van der Waals surface area contributed by atoms with Crippen molar-refractivity contribution in [1.29, 1.82) is 0 Å². The van der Waals surface area contributed by atoms with Gasteiger partial charge in [-0.25, -0.2) is 4.68 Å². The minimum absolute atomic E-state index is 0.123. The molecule has 1 aromatic heterocycles. The summed E-state index contributed by atoms with van der Waals surface area (Å²) in [4.78, 5) is 12.7. The number of carbonyl (C=O) groups is 1. The summed E-state index contributed by atoms with van der Waals surface area (Å²) >= 11 is 6.24. The maximum atomic E-state index is 12.7. The fourth-order valence-electron chi connectivity index (χ4n) is 2.78. The van der Waals surface area contributed by atoms with Crippen molar-refractivity contribution in [2.75, 3.05) is 13.2 Å². The molecule has 2 aromatic carbocycles. The number of hydrogen-bond donors (Lipinski definition) is 0. The topological polar surface area (TPSA) is 53.4 Å². The molecule has 1 aliphatic heterocycles. The molecule has 0 saturated carbocycles. The van der Waals surface area contributed by atoms with Gasteiger partial charge in [-0.3, -0.25) is 4.79 Å². The first-order valence-electron chi connectivity index (χ1n) is 8.13. The Labute approximate surface area is 155 Å². The van der Waals surface area contributed by atoms with Crippen LogP contribution in [0.1, 0.15) is 15.9 Å². The average molecular weight is 367 g/mol. The van der Waals surface area contributed by atoms with Gasteiger partial charge in [0.2, 0.25) is 0 Å². The van der Waals surface area contributed by atoms with Gasteiger partial charge in [0, 0.05) is 18.0 Å². The molecular formula is C20H15ClN2O3. The third-order valence-corrected chi connectivity index (χ3v) is 4.25. The summed E-state index contributed by atoms with van der Waals surface area (Å²) in [5.74, 6) is 1.01. The third kappa shape index (κ3) is 3.21. The van der Waals surface area contributed by atoms with Crippen LogP contribution in [0.4, 0.5) is 0 Å². The summed E-state index contributed by atoms with van der Waals surface area (Å²) < 4.78 is 12.7. The summed E-state index contributed by atoms with van der Waals surface area (Å²) in [5.41, 5.74) is 2.06. The van der Waals surface area contributed by atoms with Crippen LogP contribution in [0.5, 0.6) is 11.5 Å². The van der Waals surface area contributed by atoms with E-state index >= 15 is 0 Å². The maximum absolute atomic E-state index is 12.7. The molecule has 0 amide bonds. The molecule has 0 radical (unpaired) electrons. The van der Waals surface area contributed by atoms with Crippen LogP contribution in [0.3, 0.4) is 0 Å². The summed E-state index contributed by atoms with van der Waals surface area (Å²) in [6.07, 6.45) is 6.71. The molecule has 130 valence electrons. The highest BCUT2D eigenvalue weighted by molar-refractivity contribution is 6.32. The number of rotatable bonds is 4. The van der Waals surface area contributed by atoms with E-state index in [9.17, 15) is 4.79 Å². The Balaban J connectivity index is 1.62. The van der Waals surface area contributed by atoms with Crippen molar-refractivity contribution in [3.8, 4) is 17.2 Å². The van der Waals surface area contributed by atoms with Crippen molar-refractivity contribution >= 4 is 23.5 Å². The molecule has 0 unspecified atom stereocenters. The molecule has 0 saturated heterocycles. The lowest BCUT2D eigenvalue weighted by Gasteiger charge is -2.19. The van der Waals surface area contributed by atoms with Crippen LogP contribution in [0.15, 0.2) is 60.9 Å². The Bertz CT molecular complexity index is 981. The van der Waals surface area contributed by atoms with Crippen LogP contribution in [0, 0.1) is 0 Å². The number of fused-ring (bicyclic) bond motifs is 1. The number of aromatic nitrogens is 2. The molecule has 6 heteroatoms. The first kappa shape index (κ1) is 16.4. The Morgan fingerprint density at radius 2 is 2.00 bits per heavy atom. The van der Waals surface area contributed by atoms with Crippen LogP contribution in [0.25, 0.3) is 11.8 Å². The Morgan fingerprint density at radius 3 is 2.85 bits per heavy atom. The van der Waals surface area contributed by atoms with Crippen molar-refractivity contribution in [2.45, 2.75) is 0 Å². The number of benzene rings is 2. The number of ether oxygens (including phenoxy) is 2. The normalized spacial score (nSPS) is 13.1. The van der Waals surface area contributed by atoms with Gasteiger partial charge in [-0.2, -0.15) is 5.10 Å². The van der Waals surface area contributed by atoms with E-state index in [0.29, 0.717) is 35.3 Å². The van der Waals surface area contributed by atoms with E-state index < -0.39 is 0 Å². The number of ketones is 1. The van der Waals surface area contributed by atoms with Crippen molar-refractivity contribution in [2.24, 2.45) is 0 Å². The quantitative estimate of drug-likeness (QED) is 0.513. The van der Waals surface area contributed by atoms with E-state index in [1.807, 2.05) is 30.3 Å². The SMILES string of the molecule is O=C(/C=C/c1cc(Cl)c2c(c1)OCCO2)c1ccccc1-n1cccn1. The highest BCUT2D eigenvalue weighted by Crippen LogP contribution is 2.38. The molecule has 0 bridgehead atoms. The van der Waals surface area contributed by atoms with Crippen LogP contribution in [-0.4, -0.2) is 28.8 Å². The molecular weight excluding hydrogens is 352 g/mol. The molecule has 0 fully saturated rings. The summed E-state index contributed by atoms with van der Waals surface area (Å²) in [6, 6.07) is 12.7. The minimum Gasteiger partial charge on any atom is -0.486 e. The number of nitrogens with zero attached hydrogens (tertiary/aromatic N) is 2. The zero-order valence-electron chi connectivity index (χ0n) is 13.8. The van der Waals surface area contributed by atoms with E-state index in [1.165, 1.54) is 6.08 Å². The van der Waals surface area contributed by atoms with Crippen LogP contribution in [0.2, 0.25) is 5.02 Å². The monoisotopic (exact) mass is 366 g/mol. The second-order valence-electron chi connectivity index (χ2n) is 5.69. The molecule has 3 aromatic rings. The van der Waals surface area contributed by atoms with Crippen molar-refractivity contribution in [3.05, 3.63) is 77.1 Å². The predicted molar refractivity (Wildman–Crippen MR) is 99.4 cm³/mol. The maximum Gasteiger partial charge on any atom is 0.188 e. The Hall–Kier alpha value is -3.05. The molecule has 0 N–H and O–H groups in total. The van der Waals surface area contributed by atoms with Gasteiger partial charge in [0.05, 0.1) is 10.7 Å². The number of halogens is 1. The van der Waals surface area contributed by atoms with Crippen molar-refractivity contribution in [3.63, 3.8) is 0 Å². The largest absolute Gasteiger partial charge is 0.486 e. The lowest BCUT2D eigenvalue weighted by Crippen LogP contribution is -2.15. The van der Waals surface area contributed by atoms with Crippen molar-refractivity contribution < 1.29 is 14.3 Å². The van der Waals surface area contributed by atoms with E-state index in [2.05, 4.69) is 5.10 Å². The first-order chi connectivity index (χ1) is 12.7.